The van der Waals surface area contributed by atoms with E-state index in [1.807, 2.05) is 0 Å². The lowest BCUT2D eigenvalue weighted by Gasteiger charge is -1.99. The molecule has 2 N–H and O–H groups in total. The molecule has 2 rings (SSSR count). The Morgan fingerprint density at radius 2 is 2.25 bits per heavy atom. The van der Waals surface area contributed by atoms with Crippen LogP contribution in [0, 0.1) is 0 Å². The summed E-state index contributed by atoms with van der Waals surface area (Å²) in [4.78, 5) is 10.7. The van der Waals surface area contributed by atoms with E-state index in [9.17, 15) is 4.79 Å². The maximum Gasteiger partial charge on any atom is 0.335 e. The quantitative estimate of drug-likeness (QED) is 0.777. The topological polar surface area (TPSA) is 87.7 Å². The number of carboxylic acids is 1. The average Bonchev–Trinajstić information content (AvgIpc) is 2.68. The first-order valence-corrected chi connectivity index (χ1v) is 4.90. The number of hydrogen-bond acceptors (Lipinski definition) is 4. The molecule has 0 aromatic carbocycles. The third-order valence-electron chi connectivity index (χ3n) is 2.29. The summed E-state index contributed by atoms with van der Waals surface area (Å²) in [6, 6.07) is 2.97. The molecule has 0 saturated carbocycles. The van der Waals surface area contributed by atoms with Crippen LogP contribution in [-0.2, 0) is 6.42 Å². The van der Waals surface area contributed by atoms with Crippen molar-refractivity contribution in [1.82, 2.24) is 14.6 Å². The van der Waals surface area contributed by atoms with Gasteiger partial charge in [-0.05, 0) is 18.6 Å². The first kappa shape index (κ1) is 10.6. The van der Waals surface area contributed by atoms with Gasteiger partial charge >= 0.3 is 5.97 Å². The number of hydrogen-bond donors (Lipinski definition) is 2. The highest BCUT2D eigenvalue weighted by molar-refractivity contribution is 5.88. The number of pyridine rings is 1. The maximum absolute atomic E-state index is 10.7. The SMILES string of the molecule is O=C(O)c1ccn2c(CCCO)nnc2c1. The lowest BCUT2D eigenvalue weighted by Crippen LogP contribution is -2.00. The van der Waals surface area contributed by atoms with Crippen molar-refractivity contribution >= 4 is 11.6 Å². The molecule has 0 fully saturated rings. The number of aliphatic hydroxyl groups is 1. The number of carboxylic acid groups (broad SMARTS) is 1. The van der Waals surface area contributed by atoms with Crippen LogP contribution in [-0.4, -0.2) is 37.4 Å². The lowest BCUT2D eigenvalue weighted by atomic mass is 10.2. The molecule has 0 bridgehead atoms. The van der Waals surface area contributed by atoms with Crippen LogP contribution >= 0.6 is 0 Å². The highest BCUT2D eigenvalue weighted by Gasteiger charge is 2.08. The van der Waals surface area contributed by atoms with Crippen molar-refractivity contribution in [3.63, 3.8) is 0 Å². The van der Waals surface area contributed by atoms with Gasteiger partial charge in [0.1, 0.15) is 5.82 Å². The van der Waals surface area contributed by atoms with Crippen LogP contribution in [0.5, 0.6) is 0 Å². The zero-order valence-corrected chi connectivity index (χ0v) is 8.50. The van der Waals surface area contributed by atoms with E-state index in [4.69, 9.17) is 10.2 Å². The van der Waals surface area contributed by atoms with E-state index in [2.05, 4.69) is 10.2 Å². The summed E-state index contributed by atoms with van der Waals surface area (Å²) in [5.41, 5.74) is 0.696. The Labute approximate surface area is 91.2 Å². The summed E-state index contributed by atoms with van der Waals surface area (Å²) < 4.78 is 1.72. The normalized spacial score (nSPS) is 10.8. The predicted octanol–water partition coefficient (Wildman–Crippen LogP) is 0.352. The largest absolute Gasteiger partial charge is 0.478 e. The van der Waals surface area contributed by atoms with Crippen molar-refractivity contribution in [3.8, 4) is 0 Å². The van der Waals surface area contributed by atoms with Crippen LogP contribution in [0.1, 0.15) is 22.6 Å². The molecule has 0 saturated heterocycles. The summed E-state index contributed by atoms with van der Waals surface area (Å²) in [5, 5.41) is 25.3. The third-order valence-corrected chi connectivity index (χ3v) is 2.29. The molecule has 2 aromatic heterocycles. The highest BCUT2D eigenvalue weighted by Crippen LogP contribution is 2.08. The van der Waals surface area contributed by atoms with Gasteiger partial charge in [0.15, 0.2) is 5.65 Å². The van der Waals surface area contributed by atoms with E-state index in [0.29, 0.717) is 18.5 Å². The van der Waals surface area contributed by atoms with Crippen molar-refractivity contribution in [2.24, 2.45) is 0 Å². The minimum absolute atomic E-state index is 0.0993. The van der Waals surface area contributed by atoms with Gasteiger partial charge in [0.2, 0.25) is 0 Å². The van der Waals surface area contributed by atoms with Gasteiger partial charge in [0.25, 0.3) is 0 Å². The maximum atomic E-state index is 10.7. The summed E-state index contributed by atoms with van der Waals surface area (Å²) in [6.45, 7) is 0.0993. The van der Waals surface area contributed by atoms with Gasteiger partial charge in [0, 0.05) is 19.2 Å². The van der Waals surface area contributed by atoms with Gasteiger partial charge < -0.3 is 10.2 Å². The van der Waals surface area contributed by atoms with Crippen LogP contribution in [0.2, 0.25) is 0 Å². The van der Waals surface area contributed by atoms with Crippen LogP contribution in [0.3, 0.4) is 0 Å². The molecule has 0 radical (unpaired) electrons. The number of aromatic nitrogens is 3. The Morgan fingerprint density at radius 3 is 2.94 bits per heavy atom. The molecule has 0 aliphatic rings. The predicted molar refractivity (Wildman–Crippen MR) is 55.4 cm³/mol. The fraction of sp³-hybridized carbons (Fsp3) is 0.300. The Bertz CT molecular complexity index is 521. The first-order valence-electron chi connectivity index (χ1n) is 4.90. The van der Waals surface area contributed by atoms with E-state index >= 15 is 0 Å². The van der Waals surface area contributed by atoms with E-state index < -0.39 is 5.97 Å². The molecule has 0 amide bonds. The molecule has 16 heavy (non-hydrogen) atoms. The number of aliphatic hydroxyl groups excluding tert-OH is 1. The van der Waals surface area contributed by atoms with Crippen molar-refractivity contribution < 1.29 is 15.0 Å². The summed E-state index contributed by atoms with van der Waals surface area (Å²) in [5.74, 6) is -0.261. The zero-order valence-electron chi connectivity index (χ0n) is 8.50. The van der Waals surface area contributed by atoms with Crippen LogP contribution in [0.4, 0.5) is 0 Å². The van der Waals surface area contributed by atoms with Crippen molar-refractivity contribution in [1.29, 1.82) is 0 Å². The number of rotatable bonds is 4. The minimum Gasteiger partial charge on any atom is -0.478 e. The molecular formula is C10H11N3O3. The van der Waals surface area contributed by atoms with Crippen LogP contribution < -0.4 is 0 Å². The van der Waals surface area contributed by atoms with Crippen molar-refractivity contribution in [2.75, 3.05) is 6.61 Å². The van der Waals surface area contributed by atoms with Gasteiger partial charge in [-0.25, -0.2) is 4.79 Å². The third kappa shape index (κ3) is 1.87. The highest BCUT2D eigenvalue weighted by atomic mass is 16.4. The fourth-order valence-electron chi connectivity index (χ4n) is 1.48. The lowest BCUT2D eigenvalue weighted by molar-refractivity contribution is 0.0697. The molecule has 0 aliphatic heterocycles. The Hall–Kier alpha value is -1.95. The molecule has 0 unspecified atom stereocenters. The summed E-state index contributed by atoms with van der Waals surface area (Å²) in [6.07, 6.45) is 2.86. The summed E-state index contributed by atoms with van der Waals surface area (Å²) in [7, 11) is 0. The Kier molecular flexibility index (Phi) is 2.82. The van der Waals surface area contributed by atoms with Gasteiger partial charge in [-0.2, -0.15) is 0 Å². The minimum atomic E-state index is -0.984. The first-order chi connectivity index (χ1) is 7.72. The van der Waals surface area contributed by atoms with E-state index in [-0.39, 0.29) is 12.2 Å². The summed E-state index contributed by atoms with van der Waals surface area (Å²) >= 11 is 0. The number of carbonyl (C=O) groups is 1. The molecular weight excluding hydrogens is 210 g/mol. The number of aromatic carboxylic acids is 1. The molecule has 84 valence electrons. The molecule has 0 aliphatic carbocycles. The van der Waals surface area contributed by atoms with E-state index in [1.165, 1.54) is 12.1 Å². The Morgan fingerprint density at radius 1 is 1.44 bits per heavy atom. The number of aryl methyl sites for hydroxylation is 1. The molecule has 0 spiro atoms. The van der Waals surface area contributed by atoms with Gasteiger partial charge in [-0.15, -0.1) is 10.2 Å². The monoisotopic (exact) mass is 221 g/mol. The molecule has 2 heterocycles. The van der Waals surface area contributed by atoms with E-state index in [0.717, 1.165) is 5.82 Å². The van der Waals surface area contributed by atoms with Crippen molar-refractivity contribution in [2.45, 2.75) is 12.8 Å². The van der Waals surface area contributed by atoms with Gasteiger partial charge in [-0.3, -0.25) is 4.40 Å². The molecule has 2 aromatic rings. The molecule has 0 atom stereocenters. The second kappa shape index (κ2) is 4.28. The average molecular weight is 221 g/mol. The Balaban J connectivity index is 2.38. The molecule has 6 heteroatoms. The zero-order chi connectivity index (χ0) is 11.5. The fourth-order valence-corrected chi connectivity index (χ4v) is 1.48. The smallest absolute Gasteiger partial charge is 0.335 e. The molecule has 6 nitrogen and oxygen atoms in total. The number of nitrogens with zero attached hydrogens (tertiary/aromatic N) is 3. The second-order valence-corrected chi connectivity index (χ2v) is 3.39. The van der Waals surface area contributed by atoms with E-state index in [1.54, 1.807) is 10.6 Å². The standard InChI is InChI=1S/C10H11N3O3/c14-5-1-2-8-11-12-9-6-7(10(15)16)3-4-13(8)9/h3-4,6,14H,1-2,5H2,(H,15,16). The van der Waals surface area contributed by atoms with Gasteiger partial charge in [-0.1, -0.05) is 0 Å². The van der Waals surface area contributed by atoms with Crippen LogP contribution in [0.15, 0.2) is 18.3 Å². The number of fused-ring (bicyclic) bond motifs is 1. The van der Waals surface area contributed by atoms with Crippen LogP contribution in [0.25, 0.3) is 5.65 Å². The van der Waals surface area contributed by atoms with Crippen molar-refractivity contribution in [3.05, 3.63) is 29.7 Å². The van der Waals surface area contributed by atoms with Gasteiger partial charge in [0.05, 0.1) is 5.56 Å². The second-order valence-electron chi connectivity index (χ2n) is 3.39.